The first-order valence-electron chi connectivity index (χ1n) is 4.18. The molecule has 0 atom stereocenters. The summed E-state index contributed by atoms with van der Waals surface area (Å²) in [5, 5.41) is 0.604. The number of carbonyl (C=O) groups is 1. The molecular formula is C9H12ClN3O. The molecule has 0 aliphatic carbocycles. The summed E-state index contributed by atoms with van der Waals surface area (Å²) in [5.41, 5.74) is 8.34. The first-order chi connectivity index (χ1) is 6.74. The van der Waals surface area contributed by atoms with Gasteiger partial charge in [0.1, 0.15) is 0 Å². The van der Waals surface area contributed by atoms with Crippen LogP contribution in [0.2, 0.25) is 5.02 Å². The lowest BCUT2D eigenvalue weighted by Crippen LogP contribution is -2.45. The normalized spacial score (nSPS) is 9.86. The summed E-state index contributed by atoms with van der Waals surface area (Å²) >= 11 is 5.89. The first kappa shape index (κ1) is 11.0. The van der Waals surface area contributed by atoms with Gasteiger partial charge in [0.25, 0.3) is 0 Å². The van der Waals surface area contributed by atoms with Crippen LogP contribution < -0.4 is 16.4 Å². The zero-order valence-electron chi connectivity index (χ0n) is 7.80. The Morgan fingerprint density at radius 3 is 2.79 bits per heavy atom. The van der Waals surface area contributed by atoms with Crippen molar-refractivity contribution >= 4 is 17.5 Å². The van der Waals surface area contributed by atoms with Crippen LogP contribution in [0.25, 0.3) is 0 Å². The van der Waals surface area contributed by atoms with E-state index in [-0.39, 0.29) is 12.3 Å². The second-order valence-corrected chi connectivity index (χ2v) is 3.10. The number of hydrazine groups is 2. The van der Waals surface area contributed by atoms with Crippen LogP contribution in [0.3, 0.4) is 0 Å². The van der Waals surface area contributed by atoms with Crippen molar-refractivity contribution in [3.8, 4) is 0 Å². The Balaban J connectivity index is 2.52. The molecule has 0 saturated heterocycles. The zero-order chi connectivity index (χ0) is 10.4. The van der Waals surface area contributed by atoms with Crippen molar-refractivity contribution in [1.29, 1.82) is 0 Å². The molecule has 0 aliphatic heterocycles. The SMILES string of the molecule is CNNNC(=O)Cc1ccccc1Cl. The van der Waals surface area contributed by atoms with Gasteiger partial charge in [-0.1, -0.05) is 29.8 Å². The van der Waals surface area contributed by atoms with E-state index in [0.717, 1.165) is 5.56 Å². The summed E-state index contributed by atoms with van der Waals surface area (Å²) in [4.78, 5) is 11.3. The molecule has 0 fully saturated rings. The average molecular weight is 214 g/mol. The van der Waals surface area contributed by atoms with E-state index in [9.17, 15) is 4.79 Å². The Morgan fingerprint density at radius 2 is 2.14 bits per heavy atom. The molecule has 0 aromatic heterocycles. The smallest absolute Gasteiger partial charge is 0.239 e. The van der Waals surface area contributed by atoms with Gasteiger partial charge >= 0.3 is 0 Å². The molecule has 0 bridgehead atoms. The van der Waals surface area contributed by atoms with Crippen LogP contribution in [-0.2, 0) is 11.2 Å². The van der Waals surface area contributed by atoms with Crippen LogP contribution in [0.1, 0.15) is 5.56 Å². The van der Waals surface area contributed by atoms with Crippen LogP contribution in [0.5, 0.6) is 0 Å². The molecule has 0 radical (unpaired) electrons. The predicted molar refractivity (Wildman–Crippen MR) is 55.5 cm³/mol. The highest BCUT2D eigenvalue weighted by Gasteiger charge is 2.04. The molecule has 0 unspecified atom stereocenters. The summed E-state index contributed by atoms with van der Waals surface area (Å²) in [6.07, 6.45) is 0.258. The molecule has 0 aliphatic rings. The van der Waals surface area contributed by atoms with Gasteiger partial charge in [-0.3, -0.25) is 10.2 Å². The van der Waals surface area contributed by atoms with Crippen molar-refractivity contribution in [3.63, 3.8) is 0 Å². The average Bonchev–Trinajstić information content (AvgIpc) is 2.18. The molecule has 1 rings (SSSR count). The van der Waals surface area contributed by atoms with Crippen LogP contribution in [0, 0.1) is 0 Å². The second-order valence-electron chi connectivity index (χ2n) is 2.69. The lowest BCUT2D eigenvalue weighted by atomic mass is 10.1. The molecule has 0 heterocycles. The van der Waals surface area contributed by atoms with Crippen molar-refractivity contribution < 1.29 is 4.79 Å². The number of hydrogen-bond donors (Lipinski definition) is 3. The van der Waals surface area contributed by atoms with Crippen molar-refractivity contribution in [2.24, 2.45) is 0 Å². The van der Waals surface area contributed by atoms with Gasteiger partial charge in [-0.2, -0.15) is 5.53 Å². The van der Waals surface area contributed by atoms with Crippen molar-refractivity contribution in [2.45, 2.75) is 6.42 Å². The Labute approximate surface area is 87.6 Å². The molecule has 1 aromatic rings. The van der Waals surface area contributed by atoms with E-state index >= 15 is 0 Å². The highest BCUT2D eigenvalue weighted by molar-refractivity contribution is 6.31. The van der Waals surface area contributed by atoms with Crippen molar-refractivity contribution in [3.05, 3.63) is 34.9 Å². The van der Waals surface area contributed by atoms with E-state index < -0.39 is 0 Å². The maximum Gasteiger partial charge on any atom is 0.239 e. The minimum absolute atomic E-state index is 0.146. The predicted octanol–water partition coefficient (Wildman–Crippen LogP) is 0.638. The minimum Gasteiger partial charge on any atom is -0.278 e. The molecule has 3 N–H and O–H groups in total. The van der Waals surface area contributed by atoms with Gasteiger partial charge in [0.15, 0.2) is 0 Å². The summed E-state index contributed by atoms with van der Waals surface area (Å²) in [5.74, 6) is -0.146. The molecular weight excluding hydrogens is 202 g/mol. The van der Waals surface area contributed by atoms with Gasteiger partial charge in [-0.05, 0) is 11.6 Å². The highest BCUT2D eigenvalue weighted by Crippen LogP contribution is 2.14. The standard InChI is InChI=1S/C9H12ClN3O/c1-11-13-12-9(14)6-7-4-2-3-5-8(7)10/h2-5,11,13H,6H2,1H3,(H,12,14). The van der Waals surface area contributed by atoms with Gasteiger partial charge in [0.05, 0.1) is 6.42 Å². The topological polar surface area (TPSA) is 53.2 Å². The summed E-state index contributed by atoms with van der Waals surface area (Å²) in [7, 11) is 1.66. The largest absolute Gasteiger partial charge is 0.278 e. The highest BCUT2D eigenvalue weighted by atomic mass is 35.5. The lowest BCUT2D eigenvalue weighted by molar-refractivity contribution is -0.121. The Hall–Kier alpha value is -1.10. The number of benzene rings is 1. The third-order valence-corrected chi connectivity index (χ3v) is 2.00. The molecule has 1 aromatic carbocycles. The first-order valence-corrected chi connectivity index (χ1v) is 4.56. The third kappa shape index (κ3) is 3.33. The molecule has 0 saturated carbocycles. The number of hydrogen-bond acceptors (Lipinski definition) is 3. The van der Waals surface area contributed by atoms with Gasteiger partial charge in [-0.25, -0.2) is 5.43 Å². The molecule has 5 heteroatoms. The van der Waals surface area contributed by atoms with E-state index in [1.54, 1.807) is 13.1 Å². The van der Waals surface area contributed by atoms with Gasteiger partial charge in [0, 0.05) is 12.1 Å². The number of amides is 1. The number of carbonyl (C=O) groups excluding carboxylic acids is 1. The van der Waals surface area contributed by atoms with E-state index in [1.165, 1.54) is 0 Å². The molecule has 0 spiro atoms. The van der Waals surface area contributed by atoms with Gasteiger partial charge in [0.2, 0.25) is 5.91 Å². The summed E-state index contributed by atoms with van der Waals surface area (Å²) in [6.45, 7) is 0. The van der Waals surface area contributed by atoms with E-state index in [1.807, 2.05) is 18.2 Å². The third-order valence-electron chi connectivity index (χ3n) is 1.64. The number of halogens is 1. The van der Waals surface area contributed by atoms with Crippen LogP contribution in [-0.4, -0.2) is 13.0 Å². The number of rotatable bonds is 4. The van der Waals surface area contributed by atoms with E-state index in [2.05, 4.69) is 16.4 Å². The molecule has 76 valence electrons. The van der Waals surface area contributed by atoms with E-state index in [0.29, 0.717) is 5.02 Å². The van der Waals surface area contributed by atoms with Crippen LogP contribution in [0.4, 0.5) is 0 Å². The monoisotopic (exact) mass is 213 g/mol. The fourth-order valence-corrected chi connectivity index (χ4v) is 1.19. The Kier molecular flexibility index (Phi) is 4.39. The zero-order valence-corrected chi connectivity index (χ0v) is 8.56. The van der Waals surface area contributed by atoms with Gasteiger partial charge < -0.3 is 0 Å². The molecule has 1 amide bonds. The van der Waals surface area contributed by atoms with Crippen LogP contribution in [0.15, 0.2) is 24.3 Å². The second kappa shape index (κ2) is 5.59. The quantitative estimate of drug-likeness (QED) is 0.644. The molecule has 14 heavy (non-hydrogen) atoms. The summed E-state index contributed by atoms with van der Waals surface area (Å²) in [6, 6.07) is 7.26. The molecule has 4 nitrogen and oxygen atoms in total. The Morgan fingerprint density at radius 1 is 1.43 bits per heavy atom. The Bertz CT molecular complexity index is 317. The number of nitrogens with one attached hydrogen (secondary N) is 3. The summed E-state index contributed by atoms with van der Waals surface area (Å²) < 4.78 is 0. The van der Waals surface area contributed by atoms with Crippen molar-refractivity contribution in [2.75, 3.05) is 7.05 Å². The fourth-order valence-electron chi connectivity index (χ4n) is 0.991. The maximum atomic E-state index is 11.3. The van der Waals surface area contributed by atoms with Gasteiger partial charge in [-0.15, -0.1) is 0 Å². The lowest BCUT2D eigenvalue weighted by Gasteiger charge is -2.06. The fraction of sp³-hybridized carbons (Fsp3) is 0.222. The maximum absolute atomic E-state index is 11.3. The van der Waals surface area contributed by atoms with Crippen molar-refractivity contribution in [1.82, 2.24) is 16.4 Å². The van der Waals surface area contributed by atoms with Crippen LogP contribution >= 0.6 is 11.6 Å². The van der Waals surface area contributed by atoms with E-state index in [4.69, 9.17) is 11.6 Å². The minimum atomic E-state index is -0.146.